The molecule has 0 bridgehead atoms. The molecule has 1 N–H and O–H groups in total. The SMILES string of the molecule is Cc1cc(OCCCCCCCCCCC(=O)O)cc(C)c1C1=C2C=CC(c3ccccc3)=[N+]2[B-](F)(F)n2c1ccc2-c1ccccc1. The number of aryl methyl sites for hydroxylation is 2. The van der Waals surface area contributed by atoms with Crippen molar-refractivity contribution in [2.45, 2.75) is 71.6 Å². The molecule has 2 aliphatic heterocycles. The number of aromatic nitrogens is 1. The van der Waals surface area contributed by atoms with Gasteiger partial charge in [0.2, 0.25) is 0 Å². The van der Waals surface area contributed by atoms with Gasteiger partial charge in [0.05, 0.1) is 12.2 Å². The van der Waals surface area contributed by atoms with Gasteiger partial charge in [-0.1, -0.05) is 87.1 Å². The van der Waals surface area contributed by atoms with Crippen LogP contribution in [0.2, 0.25) is 0 Å². The molecule has 4 aromatic rings. The summed E-state index contributed by atoms with van der Waals surface area (Å²) in [5.74, 6) is 0.0760. The molecule has 0 spiro atoms. The molecule has 3 aromatic carbocycles. The summed E-state index contributed by atoms with van der Waals surface area (Å²) < 4.78 is 42.7. The molecule has 0 saturated heterocycles. The maximum absolute atomic E-state index is 17.0. The molecule has 8 heteroatoms. The average molecular weight is 649 g/mol. The molecule has 0 radical (unpaired) electrons. The Hall–Kier alpha value is -4.72. The molecule has 0 unspecified atom stereocenters. The normalized spacial score (nSPS) is 14.8. The molecule has 1 aromatic heterocycles. The van der Waals surface area contributed by atoms with Gasteiger partial charge in [-0.15, -0.1) is 0 Å². The molecule has 5 nitrogen and oxygen atoms in total. The Bertz CT molecular complexity index is 1850. The van der Waals surface area contributed by atoms with Crippen molar-refractivity contribution in [3.8, 4) is 17.0 Å². The van der Waals surface area contributed by atoms with Crippen molar-refractivity contribution in [2.24, 2.45) is 0 Å². The molecular weight excluding hydrogens is 605 g/mol. The first kappa shape index (κ1) is 33.2. The Balaban J connectivity index is 1.26. The molecular formula is C40H43BF2N2O3. The second-order valence-electron chi connectivity index (χ2n) is 12.9. The molecule has 248 valence electrons. The standard InChI is InChI=1S/C40H43BF2N2O3/c1-29-27-33(48-26-16-8-6-4-3-5-7-15-21-38(46)47)28-30(2)39(29)40-36-24-22-34(31-17-11-9-12-18-31)44(36)41(42,43)45-35(23-25-37(40)45)32-19-13-10-14-20-32/h9-14,17-20,22-25,27-28H,3-8,15-16,21,26H2,1-2H3,(H,46,47). The topological polar surface area (TPSA) is 54.5 Å². The number of halogens is 2. The van der Waals surface area contributed by atoms with E-state index < -0.39 is 12.9 Å². The third-order valence-electron chi connectivity index (χ3n) is 9.42. The van der Waals surface area contributed by atoms with E-state index in [0.717, 1.165) is 90.5 Å². The number of fused-ring (bicyclic) bond motifs is 2. The van der Waals surface area contributed by atoms with Crippen molar-refractivity contribution in [1.29, 1.82) is 0 Å². The highest BCUT2D eigenvalue weighted by Gasteiger charge is 2.55. The first-order chi connectivity index (χ1) is 23.3. The molecule has 48 heavy (non-hydrogen) atoms. The Morgan fingerprint density at radius 1 is 0.750 bits per heavy atom. The molecule has 0 amide bonds. The van der Waals surface area contributed by atoms with Crippen LogP contribution in [0.15, 0.2) is 103 Å². The summed E-state index contributed by atoms with van der Waals surface area (Å²) in [5.41, 5.74) is 7.15. The quantitative estimate of drug-likeness (QED) is 0.103. The first-order valence-corrected chi connectivity index (χ1v) is 17.2. The fourth-order valence-corrected chi connectivity index (χ4v) is 7.20. The molecule has 3 heterocycles. The van der Waals surface area contributed by atoms with E-state index in [0.29, 0.717) is 29.4 Å². The second-order valence-corrected chi connectivity index (χ2v) is 12.9. The van der Waals surface area contributed by atoms with Crippen LogP contribution in [0.25, 0.3) is 16.8 Å². The number of rotatable bonds is 15. The van der Waals surface area contributed by atoms with Gasteiger partial charge in [-0.2, -0.15) is 0 Å². The van der Waals surface area contributed by atoms with Gasteiger partial charge < -0.3 is 27.4 Å². The number of allylic oxidation sites excluding steroid dienone is 2. The summed E-state index contributed by atoms with van der Waals surface area (Å²) in [4.78, 5) is 10.6. The van der Waals surface area contributed by atoms with Crippen molar-refractivity contribution in [3.05, 3.63) is 131 Å². The summed E-state index contributed by atoms with van der Waals surface area (Å²) in [5, 5.41) is 8.75. The summed E-state index contributed by atoms with van der Waals surface area (Å²) in [6.45, 7) is 0.466. The van der Waals surface area contributed by atoms with Gasteiger partial charge in [-0.05, 0) is 85.3 Å². The van der Waals surface area contributed by atoms with Crippen molar-refractivity contribution in [3.63, 3.8) is 0 Å². The van der Waals surface area contributed by atoms with Crippen molar-refractivity contribution in [2.75, 3.05) is 6.61 Å². The van der Waals surface area contributed by atoms with Gasteiger partial charge in [0.1, 0.15) is 5.75 Å². The van der Waals surface area contributed by atoms with Gasteiger partial charge in [0, 0.05) is 35.5 Å². The Morgan fingerprint density at radius 3 is 1.94 bits per heavy atom. The number of carboxylic acids is 1. The lowest BCUT2D eigenvalue weighted by atomic mass is 9.83. The first-order valence-electron chi connectivity index (χ1n) is 17.2. The number of unbranched alkanes of at least 4 members (excludes halogenated alkanes) is 7. The van der Waals surface area contributed by atoms with E-state index in [9.17, 15) is 4.79 Å². The van der Waals surface area contributed by atoms with Crippen LogP contribution in [0, 0.1) is 13.8 Å². The number of benzene rings is 3. The lowest BCUT2D eigenvalue weighted by molar-refractivity contribution is -0.360. The third-order valence-corrected chi connectivity index (χ3v) is 9.42. The zero-order chi connectivity index (χ0) is 33.7. The lowest BCUT2D eigenvalue weighted by Crippen LogP contribution is -2.51. The van der Waals surface area contributed by atoms with Crippen LogP contribution in [-0.2, 0) is 4.79 Å². The second kappa shape index (κ2) is 14.6. The van der Waals surface area contributed by atoms with Gasteiger partial charge in [-0.25, -0.2) is 0 Å². The van der Waals surface area contributed by atoms with E-state index >= 15 is 8.63 Å². The van der Waals surface area contributed by atoms with Crippen molar-refractivity contribution >= 4 is 24.2 Å². The largest absolute Gasteiger partial charge is 0.737 e. The van der Waals surface area contributed by atoms with Crippen molar-refractivity contribution < 1.29 is 27.8 Å². The van der Waals surface area contributed by atoms with Crippen LogP contribution in [0.3, 0.4) is 0 Å². The number of carboxylic acid groups (broad SMARTS) is 1. The van der Waals surface area contributed by atoms with Crippen LogP contribution in [0.1, 0.15) is 85.7 Å². The molecule has 6 rings (SSSR count). The predicted molar refractivity (Wildman–Crippen MR) is 190 cm³/mol. The molecule has 0 fully saturated rings. The zero-order valence-electron chi connectivity index (χ0n) is 27.8. The molecule has 0 aliphatic carbocycles. The van der Waals surface area contributed by atoms with Gasteiger partial charge >= 0.3 is 12.9 Å². The lowest BCUT2D eigenvalue weighted by Gasteiger charge is -2.34. The smallest absolute Gasteiger partial charge is 0.494 e. The summed E-state index contributed by atoms with van der Waals surface area (Å²) in [6, 6.07) is 26.5. The maximum Gasteiger partial charge on any atom is 0.737 e. The van der Waals surface area contributed by atoms with E-state index in [4.69, 9.17) is 9.84 Å². The van der Waals surface area contributed by atoms with Gasteiger partial charge in [0.25, 0.3) is 0 Å². The van der Waals surface area contributed by atoms with E-state index in [1.807, 2.05) is 111 Å². The molecule has 2 aliphatic rings. The molecule has 0 atom stereocenters. The minimum absolute atomic E-state index is 0.263. The summed E-state index contributed by atoms with van der Waals surface area (Å²) in [7, 11) is 0. The van der Waals surface area contributed by atoms with Gasteiger partial charge in [-0.3, -0.25) is 4.79 Å². The average Bonchev–Trinajstić information content (AvgIpc) is 3.73. The number of aliphatic carboxylic acids is 1. The zero-order valence-corrected chi connectivity index (χ0v) is 27.8. The predicted octanol–water partition coefficient (Wildman–Crippen LogP) is 9.81. The minimum Gasteiger partial charge on any atom is -0.494 e. The monoisotopic (exact) mass is 648 g/mol. The third kappa shape index (κ3) is 6.80. The van der Waals surface area contributed by atoms with E-state index in [2.05, 4.69) is 0 Å². The number of nitrogens with zero attached hydrogens (tertiary/aromatic N) is 2. The summed E-state index contributed by atoms with van der Waals surface area (Å²) >= 11 is 0. The van der Waals surface area contributed by atoms with Gasteiger partial charge in [0.15, 0.2) is 11.4 Å². The number of hydrogen-bond donors (Lipinski definition) is 1. The van der Waals surface area contributed by atoms with E-state index in [-0.39, 0.29) is 6.42 Å². The number of ether oxygens (including phenoxy) is 1. The number of hydrogen-bond acceptors (Lipinski definition) is 2. The van der Waals surface area contributed by atoms with E-state index in [1.54, 1.807) is 0 Å². The summed E-state index contributed by atoms with van der Waals surface area (Å²) in [6.07, 6.45) is 12.2. The highest BCUT2D eigenvalue weighted by atomic mass is 19.2. The minimum atomic E-state index is -4.22. The number of carbonyl (C=O) groups is 1. The Kier molecular flexibility index (Phi) is 10.1. The Morgan fingerprint density at radius 2 is 1.31 bits per heavy atom. The fraction of sp³-hybridized carbons (Fsp3) is 0.300. The van der Waals surface area contributed by atoms with Crippen LogP contribution in [-0.4, -0.2) is 39.3 Å². The highest BCUT2D eigenvalue weighted by molar-refractivity contribution is 6.59. The highest BCUT2D eigenvalue weighted by Crippen LogP contribution is 2.45. The maximum atomic E-state index is 17.0. The van der Waals surface area contributed by atoms with Crippen LogP contribution >= 0.6 is 0 Å². The fourth-order valence-electron chi connectivity index (χ4n) is 7.20. The van der Waals surface area contributed by atoms with Crippen LogP contribution in [0.4, 0.5) is 8.63 Å². The molecule has 0 saturated carbocycles. The van der Waals surface area contributed by atoms with Crippen LogP contribution < -0.4 is 4.74 Å². The van der Waals surface area contributed by atoms with E-state index in [1.165, 1.54) is 8.96 Å². The Labute approximate surface area is 282 Å². The van der Waals surface area contributed by atoms with Crippen LogP contribution in [0.5, 0.6) is 5.75 Å². The van der Waals surface area contributed by atoms with Crippen molar-refractivity contribution in [1.82, 2.24) is 4.48 Å².